The van der Waals surface area contributed by atoms with E-state index in [4.69, 9.17) is 0 Å². The zero-order valence-corrected chi connectivity index (χ0v) is 10.6. The van der Waals surface area contributed by atoms with Crippen LogP contribution >= 0.6 is 0 Å². The van der Waals surface area contributed by atoms with E-state index < -0.39 is 11.4 Å². The van der Waals surface area contributed by atoms with Crippen LogP contribution in [0.5, 0.6) is 0 Å². The summed E-state index contributed by atoms with van der Waals surface area (Å²) in [6, 6.07) is 1.42. The van der Waals surface area contributed by atoms with E-state index in [0.717, 1.165) is 13.0 Å². The molecular formula is C12H17N3O3. The van der Waals surface area contributed by atoms with Gasteiger partial charge >= 0.3 is 5.97 Å². The number of hydrogen-bond acceptors (Lipinski definition) is 4. The standard InChI is InChI=1S/C12H17N3O3/c1-8-13-9(6-10(16)14-8)15-5-3-4-12(2,7-15)11(17)18/h6H,3-5,7H2,1-2H3,(H,17,18)(H,13,14,16). The highest BCUT2D eigenvalue weighted by atomic mass is 16.4. The summed E-state index contributed by atoms with van der Waals surface area (Å²) in [6.45, 7) is 4.57. The summed E-state index contributed by atoms with van der Waals surface area (Å²) in [5, 5.41) is 9.26. The van der Waals surface area contributed by atoms with E-state index in [-0.39, 0.29) is 5.56 Å². The molecule has 6 nitrogen and oxygen atoms in total. The molecule has 0 bridgehead atoms. The van der Waals surface area contributed by atoms with Gasteiger partial charge in [0.15, 0.2) is 0 Å². The summed E-state index contributed by atoms with van der Waals surface area (Å²) in [5.41, 5.74) is -0.976. The van der Waals surface area contributed by atoms with Gasteiger partial charge in [0.25, 0.3) is 5.56 Å². The van der Waals surface area contributed by atoms with Crippen LogP contribution in [0.25, 0.3) is 0 Å². The van der Waals surface area contributed by atoms with Crippen molar-refractivity contribution in [2.75, 3.05) is 18.0 Å². The summed E-state index contributed by atoms with van der Waals surface area (Å²) < 4.78 is 0. The van der Waals surface area contributed by atoms with Crippen molar-refractivity contribution in [3.63, 3.8) is 0 Å². The lowest BCUT2D eigenvalue weighted by Gasteiger charge is -2.38. The first kappa shape index (κ1) is 12.6. The van der Waals surface area contributed by atoms with Crippen LogP contribution < -0.4 is 10.5 Å². The fourth-order valence-corrected chi connectivity index (χ4v) is 2.34. The quantitative estimate of drug-likeness (QED) is 0.810. The van der Waals surface area contributed by atoms with Gasteiger partial charge < -0.3 is 15.0 Å². The number of carbonyl (C=O) groups is 1. The number of aryl methyl sites for hydroxylation is 1. The van der Waals surface area contributed by atoms with E-state index in [1.165, 1.54) is 6.07 Å². The molecule has 1 aromatic rings. The van der Waals surface area contributed by atoms with Crippen LogP contribution in [0, 0.1) is 12.3 Å². The molecule has 6 heteroatoms. The third-order valence-electron chi connectivity index (χ3n) is 3.38. The van der Waals surface area contributed by atoms with Gasteiger partial charge in [0.05, 0.1) is 5.41 Å². The molecule has 0 radical (unpaired) electrons. The number of carboxylic acids is 1. The van der Waals surface area contributed by atoms with E-state index in [9.17, 15) is 14.7 Å². The molecule has 98 valence electrons. The molecule has 1 aliphatic rings. The molecule has 1 fully saturated rings. The molecule has 18 heavy (non-hydrogen) atoms. The van der Waals surface area contributed by atoms with E-state index in [1.807, 2.05) is 4.90 Å². The van der Waals surface area contributed by atoms with E-state index in [2.05, 4.69) is 9.97 Å². The molecule has 0 spiro atoms. The first-order valence-corrected chi connectivity index (χ1v) is 5.97. The van der Waals surface area contributed by atoms with Crippen molar-refractivity contribution < 1.29 is 9.90 Å². The van der Waals surface area contributed by atoms with Gasteiger partial charge in [0.1, 0.15) is 11.6 Å². The van der Waals surface area contributed by atoms with Gasteiger partial charge in [-0.2, -0.15) is 0 Å². The SMILES string of the molecule is Cc1nc(N2CCCC(C)(C(=O)O)C2)cc(=O)[nH]1. The number of aromatic nitrogens is 2. The zero-order chi connectivity index (χ0) is 13.3. The maximum absolute atomic E-state index is 11.4. The van der Waals surface area contributed by atoms with Gasteiger partial charge in [0, 0.05) is 19.2 Å². The van der Waals surface area contributed by atoms with Gasteiger partial charge in [-0.15, -0.1) is 0 Å². The molecule has 0 amide bonds. The predicted molar refractivity (Wildman–Crippen MR) is 66.8 cm³/mol. The Balaban J connectivity index is 2.28. The van der Waals surface area contributed by atoms with Crippen LogP contribution in [0.2, 0.25) is 0 Å². The maximum Gasteiger partial charge on any atom is 0.311 e. The Labute approximate surface area is 105 Å². The lowest BCUT2D eigenvalue weighted by atomic mass is 9.82. The molecule has 1 aromatic heterocycles. The van der Waals surface area contributed by atoms with Crippen LogP contribution in [0.1, 0.15) is 25.6 Å². The number of anilines is 1. The average molecular weight is 251 g/mol. The van der Waals surface area contributed by atoms with E-state index in [1.54, 1.807) is 13.8 Å². The van der Waals surface area contributed by atoms with Crippen LogP contribution in [-0.2, 0) is 4.79 Å². The van der Waals surface area contributed by atoms with Crippen LogP contribution in [0.4, 0.5) is 5.82 Å². The molecule has 2 heterocycles. The lowest BCUT2D eigenvalue weighted by Crippen LogP contribution is -2.46. The molecular weight excluding hydrogens is 234 g/mol. The van der Waals surface area contributed by atoms with Crippen molar-refractivity contribution in [3.8, 4) is 0 Å². The van der Waals surface area contributed by atoms with Gasteiger partial charge in [-0.25, -0.2) is 4.98 Å². The Morgan fingerprint density at radius 2 is 2.33 bits per heavy atom. The highest BCUT2D eigenvalue weighted by Crippen LogP contribution is 2.31. The number of carboxylic acid groups (broad SMARTS) is 1. The Hall–Kier alpha value is -1.85. The van der Waals surface area contributed by atoms with E-state index >= 15 is 0 Å². The number of nitrogens with zero attached hydrogens (tertiary/aromatic N) is 2. The summed E-state index contributed by atoms with van der Waals surface area (Å²) in [5.74, 6) is 0.303. The second-order valence-corrected chi connectivity index (χ2v) is 5.08. The molecule has 0 saturated carbocycles. The number of nitrogens with one attached hydrogen (secondary N) is 1. The molecule has 1 unspecified atom stereocenters. The smallest absolute Gasteiger partial charge is 0.311 e. The highest BCUT2D eigenvalue weighted by Gasteiger charge is 2.38. The van der Waals surface area contributed by atoms with Crippen molar-refractivity contribution in [2.24, 2.45) is 5.41 Å². The van der Waals surface area contributed by atoms with Crippen LogP contribution in [-0.4, -0.2) is 34.1 Å². The minimum absolute atomic E-state index is 0.208. The highest BCUT2D eigenvalue weighted by molar-refractivity contribution is 5.75. The summed E-state index contributed by atoms with van der Waals surface area (Å²) in [7, 11) is 0. The topological polar surface area (TPSA) is 86.3 Å². The summed E-state index contributed by atoms with van der Waals surface area (Å²) in [4.78, 5) is 31.4. The molecule has 1 aliphatic heterocycles. The average Bonchev–Trinajstić information content (AvgIpc) is 2.27. The maximum atomic E-state index is 11.4. The Morgan fingerprint density at radius 3 is 2.94 bits per heavy atom. The number of aromatic amines is 1. The van der Waals surface area contributed by atoms with Crippen LogP contribution in [0.15, 0.2) is 10.9 Å². The fraction of sp³-hybridized carbons (Fsp3) is 0.583. The zero-order valence-electron chi connectivity index (χ0n) is 10.6. The molecule has 2 N–H and O–H groups in total. The third-order valence-corrected chi connectivity index (χ3v) is 3.38. The molecule has 0 aliphatic carbocycles. The van der Waals surface area contributed by atoms with E-state index in [0.29, 0.717) is 24.6 Å². The van der Waals surface area contributed by atoms with Gasteiger partial charge in [-0.3, -0.25) is 9.59 Å². The van der Waals surface area contributed by atoms with Gasteiger partial charge in [0.2, 0.25) is 0 Å². The molecule has 0 aromatic carbocycles. The Morgan fingerprint density at radius 1 is 1.61 bits per heavy atom. The normalized spacial score (nSPS) is 24.0. The summed E-state index contributed by atoms with van der Waals surface area (Å²) >= 11 is 0. The number of hydrogen-bond donors (Lipinski definition) is 2. The van der Waals surface area contributed by atoms with Crippen molar-refractivity contribution in [2.45, 2.75) is 26.7 Å². The largest absolute Gasteiger partial charge is 0.481 e. The van der Waals surface area contributed by atoms with Crippen molar-refractivity contribution in [1.82, 2.24) is 9.97 Å². The van der Waals surface area contributed by atoms with Gasteiger partial charge in [-0.05, 0) is 26.7 Å². The lowest BCUT2D eigenvalue weighted by molar-refractivity contribution is -0.148. The first-order valence-electron chi connectivity index (χ1n) is 5.97. The second-order valence-electron chi connectivity index (χ2n) is 5.08. The summed E-state index contributed by atoms with van der Waals surface area (Å²) in [6.07, 6.45) is 1.44. The Kier molecular flexibility index (Phi) is 3.11. The Bertz CT molecular complexity index is 526. The van der Waals surface area contributed by atoms with Crippen molar-refractivity contribution in [1.29, 1.82) is 0 Å². The number of H-pyrrole nitrogens is 1. The molecule has 2 rings (SSSR count). The number of piperidine rings is 1. The fourth-order valence-electron chi connectivity index (χ4n) is 2.34. The van der Waals surface area contributed by atoms with Gasteiger partial charge in [-0.1, -0.05) is 0 Å². The van der Waals surface area contributed by atoms with Crippen molar-refractivity contribution >= 4 is 11.8 Å². The monoisotopic (exact) mass is 251 g/mol. The second kappa shape index (κ2) is 4.44. The predicted octanol–water partition coefficient (Wildman–Crippen LogP) is 0.769. The first-order chi connectivity index (χ1) is 8.40. The van der Waals surface area contributed by atoms with Crippen molar-refractivity contribution in [3.05, 3.63) is 22.2 Å². The number of rotatable bonds is 2. The minimum Gasteiger partial charge on any atom is -0.481 e. The third kappa shape index (κ3) is 2.37. The minimum atomic E-state index is -0.797. The van der Waals surface area contributed by atoms with Crippen LogP contribution in [0.3, 0.4) is 0 Å². The molecule has 1 saturated heterocycles. The number of aliphatic carboxylic acids is 1. The molecule has 1 atom stereocenters.